The predicted octanol–water partition coefficient (Wildman–Crippen LogP) is 4.50. The van der Waals surface area contributed by atoms with E-state index in [1.165, 1.54) is 0 Å². The Morgan fingerprint density at radius 2 is 1.77 bits per heavy atom. The molecule has 0 fully saturated rings. The van der Waals surface area contributed by atoms with E-state index in [4.69, 9.17) is 0 Å². The van der Waals surface area contributed by atoms with E-state index in [9.17, 15) is 9.90 Å². The van der Waals surface area contributed by atoms with Gasteiger partial charge in [0.2, 0.25) is 0 Å². The van der Waals surface area contributed by atoms with Gasteiger partial charge in [0, 0.05) is 16.7 Å². The smallest absolute Gasteiger partial charge is 0.193 e. The lowest BCUT2D eigenvalue weighted by Crippen LogP contribution is -2.01. The normalized spacial score (nSPS) is 10.5. The van der Waals surface area contributed by atoms with E-state index in [1.807, 2.05) is 54.6 Å². The maximum atomic E-state index is 12.5. The van der Waals surface area contributed by atoms with Gasteiger partial charge in [0.05, 0.1) is 0 Å². The van der Waals surface area contributed by atoms with Crippen LogP contribution in [0.4, 0.5) is 0 Å². The molecule has 0 aliphatic heterocycles. The van der Waals surface area contributed by atoms with Gasteiger partial charge in [0.1, 0.15) is 5.75 Å². The van der Waals surface area contributed by atoms with Gasteiger partial charge < -0.3 is 5.11 Å². The first kappa shape index (κ1) is 14.1. The number of carbonyl (C=O) groups excluding carboxylic acids is 1. The minimum atomic E-state index is 0.000783. The predicted molar refractivity (Wildman–Crippen MR) is 89.4 cm³/mol. The third-order valence-corrected chi connectivity index (χ3v) is 3.75. The number of ketones is 1. The van der Waals surface area contributed by atoms with Gasteiger partial charge in [0.15, 0.2) is 5.78 Å². The summed E-state index contributed by atoms with van der Waals surface area (Å²) >= 11 is 0. The maximum Gasteiger partial charge on any atom is 0.193 e. The molecule has 0 aliphatic rings. The highest BCUT2D eigenvalue weighted by Crippen LogP contribution is 2.29. The maximum absolute atomic E-state index is 12.5. The molecule has 108 valence electrons. The number of hydrogen-bond acceptors (Lipinski definition) is 2. The minimum Gasteiger partial charge on any atom is -0.508 e. The largest absolute Gasteiger partial charge is 0.508 e. The van der Waals surface area contributed by atoms with Crippen molar-refractivity contribution in [2.45, 2.75) is 6.42 Å². The van der Waals surface area contributed by atoms with Crippen LogP contribution >= 0.6 is 0 Å². The summed E-state index contributed by atoms with van der Waals surface area (Å²) in [5.74, 6) is 0.260. The van der Waals surface area contributed by atoms with Gasteiger partial charge in [-0.3, -0.25) is 4.79 Å². The lowest BCUT2D eigenvalue weighted by molar-refractivity contribution is 0.103. The highest BCUT2D eigenvalue weighted by Gasteiger charge is 2.11. The quantitative estimate of drug-likeness (QED) is 0.566. The van der Waals surface area contributed by atoms with Crippen LogP contribution < -0.4 is 0 Å². The summed E-state index contributed by atoms with van der Waals surface area (Å²) in [6.07, 6.45) is 2.35. The highest BCUT2D eigenvalue weighted by molar-refractivity contribution is 6.10. The number of hydrogen-bond donors (Lipinski definition) is 1. The molecule has 0 atom stereocenters. The Morgan fingerprint density at radius 3 is 2.50 bits per heavy atom. The number of aromatic hydroxyl groups is 1. The van der Waals surface area contributed by atoms with E-state index in [-0.39, 0.29) is 11.5 Å². The van der Waals surface area contributed by atoms with Crippen LogP contribution in [0.15, 0.2) is 73.3 Å². The first-order valence-electron chi connectivity index (χ1n) is 7.16. The third kappa shape index (κ3) is 2.51. The Balaban J connectivity index is 2.09. The summed E-state index contributed by atoms with van der Waals surface area (Å²) in [7, 11) is 0. The molecular formula is C20H16O2. The van der Waals surface area contributed by atoms with Gasteiger partial charge in [-0.15, -0.1) is 6.58 Å². The van der Waals surface area contributed by atoms with Crippen LogP contribution in [0.25, 0.3) is 10.8 Å². The van der Waals surface area contributed by atoms with Crippen molar-refractivity contribution in [2.24, 2.45) is 0 Å². The van der Waals surface area contributed by atoms with Crippen LogP contribution in [0.1, 0.15) is 21.5 Å². The summed E-state index contributed by atoms with van der Waals surface area (Å²) in [6, 6.07) is 18.3. The van der Waals surface area contributed by atoms with E-state index in [0.717, 1.165) is 16.3 Å². The Kier molecular flexibility index (Phi) is 3.75. The Bertz CT molecular complexity index is 848. The van der Waals surface area contributed by atoms with Crippen molar-refractivity contribution in [1.29, 1.82) is 0 Å². The molecule has 0 unspecified atom stereocenters. The molecule has 0 saturated carbocycles. The van der Waals surface area contributed by atoms with Crippen LogP contribution in [0, 0.1) is 0 Å². The second-order valence-electron chi connectivity index (χ2n) is 5.19. The molecule has 0 saturated heterocycles. The second kappa shape index (κ2) is 5.86. The van der Waals surface area contributed by atoms with Crippen molar-refractivity contribution >= 4 is 16.6 Å². The third-order valence-electron chi connectivity index (χ3n) is 3.75. The van der Waals surface area contributed by atoms with Gasteiger partial charge in [-0.25, -0.2) is 0 Å². The van der Waals surface area contributed by atoms with Crippen molar-refractivity contribution in [3.8, 4) is 5.75 Å². The van der Waals surface area contributed by atoms with Crippen molar-refractivity contribution in [1.82, 2.24) is 0 Å². The molecule has 0 amide bonds. The summed E-state index contributed by atoms with van der Waals surface area (Å²) in [4.78, 5) is 12.5. The number of allylic oxidation sites excluding steroid dienone is 1. The zero-order valence-electron chi connectivity index (χ0n) is 12.1. The molecule has 22 heavy (non-hydrogen) atoms. The van der Waals surface area contributed by atoms with Crippen LogP contribution in [0.3, 0.4) is 0 Å². The first-order chi connectivity index (χ1) is 10.7. The van der Waals surface area contributed by atoms with E-state index in [2.05, 4.69) is 6.58 Å². The topological polar surface area (TPSA) is 37.3 Å². The minimum absolute atomic E-state index is 0.000783. The standard InChI is InChI=1S/C20H16O2/c1-2-6-18-17-11-9-16(13-15(17)10-12-19(18)21)20(22)14-7-4-3-5-8-14/h2-5,7-13,21H,1,6H2. The van der Waals surface area contributed by atoms with Gasteiger partial charge in [-0.2, -0.15) is 0 Å². The number of rotatable bonds is 4. The van der Waals surface area contributed by atoms with E-state index < -0.39 is 0 Å². The molecule has 0 spiro atoms. The van der Waals surface area contributed by atoms with Crippen LogP contribution in [0.5, 0.6) is 5.75 Å². The van der Waals surface area contributed by atoms with Gasteiger partial charge in [0.25, 0.3) is 0 Å². The number of benzene rings is 3. The lowest BCUT2D eigenvalue weighted by Gasteiger charge is -2.09. The van der Waals surface area contributed by atoms with Crippen molar-refractivity contribution < 1.29 is 9.90 Å². The van der Waals surface area contributed by atoms with Crippen molar-refractivity contribution in [3.05, 3.63) is 90.0 Å². The van der Waals surface area contributed by atoms with Gasteiger partial charge >= 0.3 is 0 Å². The number of phenols is 1. The van der Waals surface area contributed by atoms with Gasteiger partial charge in [-0.1, -0.05) is 54.6 Å². The van der Waals surface area contributed by atoms with E-state index in [1.54, 1.807) is 12.1 Å². The molecule has 3 aromatic carbocycles. The highest BCUT2D eigenvalue weighted by atomic mass is 16.3. The average molecular weight is 288 g/mol. The number of phenolic OH excluding ortho intramolecular Hbond substituents is 1. The molecule has 0 bridgehead atoms. The fourth-order valence-electron chi connectivity index (χ4n) is 2.64. The SMILES string of the molecule is C=CCc1c(O)ccc2cc(C(=O)c3ccccc3)ccc12. The Labute approximate surface area is 129 Å². The molecular weight excluding hydrogens is 272 g/mol. The summed E-state index contributed by atoms with van der Waals surface area (Å²) in [5, 5.41) is 11.9. The summed E-state index contributed by atoms with van der Waals surface area (Å²) < 4.78 is 0. The average Bonchev–Trinajstić information content (AvgIpc) is 2.57. The van der Waals surface area contributed by atoms with Crippen LogP contribution in [-0.4, -0.2) is 10.9 Å². The summed E-state index contributed by atoms with van der Waals surface area (Å²) in [5.41, 5.74) is 2.16. The Hall–Kier alpha value is -2.87. The number of fused-ring (bicyclic) bond motifs is 1. The van der Waals surface area contributed by atoms with Crippen molar-refractivity contribution in [2.75, 3.05) is 0 Å². The summed E-state index contributed by atoms with van der Waals surface area (Å²) in [6.45, 7) is 3.72. The van der Waals surface area contributed by atoms with E-state index >= 15 is 0 Å². The zero-order valence-corrected chi connectivity index (χ0v) is 12.1. The molecule has 2 heteroatoms. The molecule has 0 heterocycles. The molecule has 0 aliphatic carbocycles. The molecule has 3 aromatic rings. The molecule has 2 nitrogen and oxygen atoms in total. The lowest BCUT2D eigenvalue weighted by atomic mass is 9.96. The fraction of sp³-hybridized carbons (Fsp3) is 0.0500. The Morgan fingerprint density at radius 1 is 1.00 bits per heavy atom. The molecule has 1 N–H and O–H groups in total. The van der Waals surface area contributed by atoms with Crippen LogP contribution in [0.2, 0.25) is 0 Å². The molecule has 3 rings (SSSR count). The fourth-order valence-corrected chi connectivity index (χ4v) is 2.64. The molecule has 0 radical (unpaired) electrons. The second-order valence-corrected chi connectivity index (χ2v) is 5.19. The van der Waals surface area contributed by atoms with Gasteiger partial charge in [-0.05, 0) is 29.3 Å². The monoisotopic (exact) mass is 288 g/mol. The van der Waals surface area contributed by atoms with Crippen LogP contribution in [-0.2, 0) is 6.42 Å². The molecule has 0 aromatic heterocycles. The zero-order chi connectivity index (χ0) is 15.5. The van der Waals surface area contributed by atoms with Crippen molar-refractivity contribution in [3.63, 3.8) is 0 Å². The van der Waals surface area contributed by atoms with E-state index in [0.29, 0.717) is 17.5 Å². The number of carbonyl (C=O) groups is 1. The first-order valence-corrected chi connectivity index (χ1v) is 7.16.